The Kier molecular flexibility index (Phi) is 12.0. The van der Waals surface area contributed by atoms with Crippen LogP contribution in [0.3, 0.4) is 0 Å². The molecule has 0 aliphatic carbocycles. The van der Waals surface area contributed by atoms with E-state index in [0.717, 1.165) is 0 Å². The molecule has 0 radical (unpaired) electrons. The Morgan fingerprint density at radius 1 is 0.800 bits per heavy atom. The molecule has 0 spiro atoms. The average Bonchev–Trinajstić information content (AvgIpc) is 2.25. The molecule has 0 aromatic carbocycles. The normalized spacial score (nSPS) is 12.9. The number of sulfone groups is 2. The smallest absolute Gasteiger partial charge is 0.759 e. The Hall–Kier alpha value is 1.03. The van der Waals surface area contributed by atoms with Crippen LogP contribution in [0.25, 0.3) is 0 Å². The van der Waals surface area contributed by atoms with Crippen LogP contribution in [-0.4, -0.2) is 87.7 Å². The van der Waals surface area contributed by atoms with E-state index in [-0.39, 0.29) is 55.7 Å². The summed E-state index contributed by atoms with van der Waals surface area (Å²) in [7, 11) is -12.3. The predicted octanol–water partition coefficient (Wildman–Crippen LogP) is -0.737. The van der Waals surface area contributed by atoms with Crippen molar-refractivity contribution in [2.24, 2.45) is 0 Å². The summed E-state index contributed by atoms with van der Waals surface area (Å²) in [6, 6.07) is 0. The molecule has 0 atom stereocenters. The van der Waals surface area contributed by atoms with Crippen molar-refractivity contribution in [1.29, 1.82) is 0 Å². The van der Waals surface area contributed by atoms with Crippen LogP contribution >= 0.6 is 0 Å². The monoisotopic (exact) mass is 378 g/mol. The first-order chi connectivity index (χ1) is 8.18. The van der Waals surface area contributed by atoms with Crippen molar-refractivity contribution in [3.63, 3.8) is 0 Å². The molecule has 0 amide bonds. The maximum atomic E-state index is 11.7. The molecule has 8 nitrogen and oxygen atoms in total. The molecule has 0 fully saturated rings. The second kappa shape index (κ2) is 9.23. The Labute approximate surface area is 150 Å². The second-order valence-corrected chi connectivity index (χ2v) is 10.2. The van der Waals surface area contributed by atoms with Gasteiger partial charge in [-0.3, -0.25) is 8.42 Å². The van der Waals surface area contributed by atoms with Crippen LogP contribution in [0.2, 0.25) is 0 Å². The maximum Gasteiger partial charge on any atom is 2.00 e. The van der Waals surface area contributed by atoms with Gasteiger partial charge in [0, 0.05) is 21.9 Å². The molecule has 0 aromatic rings. The van der Waals surface area contributed by atoms with Gasteiger partial charge in [-0.15, -0.1) is 0 Å². The summed E-state index contributed by atoms with van der Waals surface area (Å²) in [4.78, 5) is 0. The first kappa shape index (κ1) is 26.0. The first-order valence-electron chi connectivity index (χ1n) is 5.29. The van der Waals surface area contributed by atoms with Gasteiger partial charge in [-0.1, -0.05) is 20.8 Å². The maximum absolute atomic E-state index is 11.7. The quantitative estimate of drug-likeness (QED) is 0.345. The molecule has 0 saturated carbocycles. The van der Waals surface area contributed by atoms with Crippen LogP contribution in [0.15, 0.2) is 0 Å². The molecule has 20 heavy (non-hydrogen) atoms. The molecule has 0 aliphatic rings. The van der Waals surface area contributed by atoms with Gasteiger partial charge in [0.15, 0.2) is 23.8 Å². The van der Waals surface area contributed by atoms with Gasteiger partial charge in [-0.25, -0.2) is 16.8 Å². The Morgan fingerprint density at radius 3 is 1.10 bits per heavy atom. The molecule has 12 heteroatoms. The molecule has 0 aromatic heterocycles. The van der Waals surface area contributed by atoms with Crippen molar-refractivity contribution in [1.82, 2.24) is 0 Å². The van der Waals surface area contributed by atoms with E-state index in [1.165, 1.54) is 20.8 Å². The molecule has 0 aliphatic heterocycles. The summed E-state index contributed by atoms with van der Waals surface area (Å²) in [5, 5.41) is 0. The van der Waals surface area contributed by atoms with Gasteiger partial charge in [0.25, 0.3) is 0 Å². The zero-order chi connectivity index (χ0) is 16.1. The third-order valence-electron chi connectivity index (χ3n) is 2.72. The summed E-state index contributed by atoms with van der Waals surface area (Å²) in [5.74, 6) is -0.285. The van der Waals surface area contributed by atoms with E-state index in [2.05, 4.69) is 0 Å². The minimum Gasteiger partial charge on any atom is -0.759 e. The topological polar surface area (TPSA) is 149 Å². The van der Waals surface area contributed by atoms with E-state index in [9.17, 15) is 16.8 Å². The zero-order valence-electron chi connectivity index (χ0n) is 11.8. The number of hydrogen-bond donors (Lipinski definition) is 0. The molecule has 0 heterocycles. The van der Waals surface area contributed by atoms with Crippen LogP contribution in [0.5, 0.6) is 0 Å². The standard InChI is InChI=1S/C8H18O4S2.Ca.H2O4S/c1-5-8(4,13(9,10)6-2)14(11,12)7-3;;1-5(2,3)4/h5-7H2,1-4H3;;(H2,1,2,3,4)/q;+2;/p-2. The van der Waals surface area contributed by atoms with Crippen molar-refractivity contribution in [3.05, 3.63) is 0 Å². The van der Waals surface area contributed by atoms with Gasteiger partial charge in [-0.05, 0) is 13.3 Å². The molecule has 118 valence electrons. The van der Waals surface area contributed by atoms with Gasteiger partial charge in [0.05, 0.1) is 0 Å². The second-order valence-electron chi connectivity index (χ2n) is 3.70. The van der Waals surface area contributed by atoms with E-state index in [0.29, 0.717) is 0 Å². The Bertz CT molecular complexity index is 533. The summed E-state index contributed by atoms with van der Waals surface area (Å²) in [6.45, 7) is 5.81. The van der Waals surface area contributed by atoms with Crippen LogP contribution < -0.4 is 0 Å². The Morgan fingerprint density at radius 2 is 1.00 bits per heavy atom. The molecular formula is C8H18CaO8S3. The van der Waals surface area contributed by atoms with Crippen molar-refractivity contribution < 1.29 is 34.4 Å². The van der Waals surface area contributed by atoms with E-state index in [1.807, 2.05) is 0 Å². The van der Waals surface area contributed by atoms with Crippen molar-refractivity contribution in [3.8, 4) is 0 Å². The van der Waals surface area contributed by atoms with Gasteiger partial charge >= 0.3 is 37.7 Å². The van der Waals surface area contributed by atoms with Crippen molar-refractivity contribution in [2.75, 3.05) is 11.5 Å². The van der Waals surface area contributed by atoms with Gasteiger partial charge < -0.3 is 9.11 Å². The summed E-state index contributed by atoms with van der Waals surface area (Å²) < 4.78 is 79.2. The fraction of sp³-hybridized carbons (Fsp3) is 1.00. The van der Waals surface area contributed by atoms with Crippen molar-refractivity contribution >= 4 is 67.8 Å². The fourth-order valence-corrected chi connectivity index (χ4v) is 5.60. The first-order valence-corrected chi connectivity index (χ1v) is 9.93. The third-order valence-corrected chi connectivity index (χ3v) is 8.97. The van der Waals surface area contributed by atoms with Gasteiger partial charge in [0.2, 0.25) is 0 Å². The minimum atomic E-state index is -5.17. The summed E-state index contributed by atoms with van der Waals surface area (Å²) in [5.41, 5.74) is 0. The molecule has 0 unspecified atom stereocenters. The van der Waals surface area contributed by atoms with Gasteiger partial charge in [-0.2, -0.15) is 0 Å². The molecular weight excluding hydrogens is 360 g/mol. The number of rotatable bonds is 5. The third kappa shape index (κ3) is 7.87. The summed E-state index contributed by atoms with van der Waals surface area (Å²) in [6.07, 6.45) is 0.0966. The zero-order valence-corrected chi connectivity index (χ0v) is 16.5. The number of hydrogen-bond acceptors (Lipinski definition) is 8. The molecule has 0 N–H and O–H groups in total. The summed E-state index contributed by atoms with van der Waals surface area (Å²) >= 11 is 0. The molecule has 0 bridgehead atoms. The van der Waals surface area contributed by atoms with Crippen LogP contribution in [0.4, 0.5) is 0 Å². The van der Waals surface area contributed by atoms with Gasteiger partial charge in [0.1, 0.15) is 0 Å². The Balaban J connectivity index is -0.000000414. The van der Waals surface area contributed by atoms with E-state index < -0.39 is 34.2 Å². The predicted molar refractivity (Wildman–Crippen MR) is 73.8 cm³/mol. The molecule has 0 rings (SSSR count). The van der Waals surface area contributed by atoms with Crippen LogP contribution in [-0.2, 0) is 30.1 Å². The van der Waals surface area contributed by atoms with E-state index in [1.54, 1.807) is 6.92 Å². The fourth-order valence-electron chi connectivity index (χ4n) is 1.24. The van der Waals surface area contributed by atoms with Crippen molar-refractivity contribution in [2.45, 2.75) is 38.2 Å². The minimum absolute atomic E-state index is 0. The van der Waals surface area contributed by atoms with Crippen LogP contribution in [0.1, 0.15) is 34.1 Å². The van der Waals surface area contributed by atoms with E-state index >= 15 is 0 Å². The largest absolute Gasteiger partial charge is 2.00 e. The SMILES string of the molecule is CCC(C)(S(=O)(=O)CC)S(=O)(=O)CC.O=S(=O)([O-])[O-].[Ca+2]. The van der Waals surface area contributed by atoms with E-state index in [4.69, 9.17) is 17.5 Å². The average molecular weight is 379 g/mol. The molecule has 0 saturated heterocycles. The van der Waals surface area contributed by atoms with Crippen LogP contribution in [0, 0.1) is 0 Å².